The summed E-state index contributed by atoms with van der Waals surface area (Å²) >= 11 is 13.0. The minimum absolute atomic E-state index is 0.113. The van der Waals surface area contributed by atoms with Gasteiger partial charge < -0.3 is 15.0 Å². The Bertz CT molecular complexity index is 1460. The van der Waals surface area contributed by atoms with Crippen molar-refractivity contribution in [3.63, 3.8) is 0 Å². The van der Waals surface area contributed by atoms with Crippen LogP contribution in [0, 0.1) is 6.92 Å². The first-order chi connectivity index (χ1) is 20.0. The fraction of sp³-hybridized carbons (Fsp3) is 0.355. The van der Waals surface area contributed by atoms with Gasteiger partial charge in [0.25, 0.3) is 0 Å². The molecule has 0 saturated carbocycles. The van der Waals surface area contributed by atoms with Crippen LogP contribution in [-0.4, -0.2) is 57.6 Å². The second-order valence-corrected chi connectivity index (χ2v) is 12.7. The third-order valence-electron chi connectivity index (χ3n) is 6.77. The number of sulfonamides is 1. The van der Waals surface area contributed by atoms with Crippen LogP contribution in [0.2, 0.25) is 10.0 Å². The van der Waals surface area contributed by atoms with Crippen molar-refractivity contribution in [1.82, 2.24) is 10.2 Å². The van der Waals surface area contributed by atoms with Crippen LogP contribution < -0.4 is 14.4 Å². The molecule has 0 heterocycles. The van der Waals surface area contributed by atoms with E-state index in [1.807, 2.05) is 44.2 Å². The molecule has 3 rings (SSSR count). The highest BCUT2D eigenvalue weighted by atomic mass is 35.5. The number of unbranched alkanes of at least 4 members (excludes halogenated alkanes) is 1. The summed E-state index contributed by atoms with van der Waals surface area (Å²) < 4.78 is 32.6. The molecule has 0 bridgehead atoms. The number of halogens is 2. The van der Waals surface area contributed by atoms with Crippen LogP contribution in [-0.2, 0) is 32.6 Å². The summed E-state index contributed by atoms with van der Waals surface area (Å²) in [6.07, 6.45) is 2.86. The Kier molecular flexibility index (Phi) is 12.1. The monoisotopic (exact) mass is 633 g/mol. The van der Waals surface area contributed by atoms with Crippen LogP contribution in [0.15, 0.2) is 66.7 Å². The Hall–Kier alpha value is -3.27. The standard InChI is InChI=1S/C31H37Cl2N3O5S/c1-5-6-17-34-31(38)28(19-23-11-8-7-9-12-23)35(20-24-25(32)13-10-14-26(24)33)30(37)21-36(42(4,39)40)27-18-22(2)15-16-29(27)41-3/h7-16,18,28H,5-6,17,19-21H2,1-4H3,(H,34,38)/t28-/m1/s1. The van der Waals surface area contributed by atoms with E-state index in [2.05, 4.69) is 5.32 Å². The lowest BCUT2D eigenvalue weighted by atomic mass is 10.0. The minimum atomic E-state index is -3.95. The summed E-state index contributed by atoms with van der Waals surface area (Å²) in [6, 6.07) is 18.4. The molecule has 0 unspecified atom stereocenters. The first kappa shape index (κ1) is 33.2. The molecule has 2 amide bonds. The number of methoxy groups -OCH3 is 1. The molecule has 0 radical (unpaired) electrons. The summed E-state index contributed by atoms with van der Waals surface area (Å²) in [5.74, 6) is -0.674. The van der Waals surface area contributed by atoms with Gasteiger partial charge in [-0.25, -0.2) is 8.42 Å². The lowest BCUT2D eigenvalue weighted by Crippen LogP contribution is -2.53. The maximum Gasteiger partial charge on any atom is 0.244 e. The average molecular weight is 635 g/mol. The highest BCUT2D eigenvalue weighted by molar-refractivity contribution is 7.92. The molecule has 3 aromatic carbocycles. The molecule has 0 aliphatic carbocycles. The molecule has 226 valence electrons. The first-order valence-corrected chi connectivity index (χ1v) is 16.2. The third-order valence-corrected chi connectivity index (χ3v) is 8.61. The molecule has 0 aliphatic rings. The van der Waals surface area contributed by atoms with Gasteiger partial charge in [-0.05, 0) is 48.7 Å². The van der Waals surface area contributed by atoms with Gasteiger partial charge in [-0.15, -0.1) is 0 Å². The molecule has 1 atom stereocenters. The largest absolute Gasteiger partial charge is 0.495 e. The smallest absolute Gasteiger partial charge is 0.244 e. The van der Waals surface area contributed by atoms with E-state index in [-0.39, 0.29) is 30.3 Å². The molecular formula is C31H37Cl2N3O5S. The summed E-state index contributed by atoms with van der Waals surface area (Å²) in [4.78, 5) is 29.3. The molecule has 42 heavy (non-hydrogen) atoms. The van der Waals surface area contributed by atoms with Crippen molar-refractivity contribution >= 4 is 50.7 Å². The molecule has 0 spiro atoms. The van der Waals surface area contributed by atoms with E-state index in [4.69, 9.17) is 27.9 Å². The van der Waals surface area contributed by atoms with Gasteiger partial charge in [0, 0.05) is 35.1 Å². The molecule has 0 aromatic heterocycles. The van der Waals surface area contributed by atoms with E-state index in [0.29, 0.717) is 22.2 Å². The Labute approximate surface area is 258 Å². The zero-order chi connectivity index (χ0) is 30.9. The van der Waals surface area contributed by atoms with Crippen LogP contribution in [0.5, 0.6) is 5.75 Å². The second kappa shape index (κ2) is 15.3. The molecular weight excluding hydrogens is 597 g/mol. The number of amides is 2. The summed E-state index contributed by atoms with van der Waals surface area (Å²) in [5.41, 5.74) is 2.28. The zero-order valence-corrected chi connectivity index (χ0v) is 26.6. The second-order valence-electron chi connectivity index (χ2n) is 10.0. The van der Waals surface area contributed by atoms with Crippen LogP contribution in [0.3, 0.4) is 0 Å². The highest BCUT2D eigenvalue weighted by Gasteiger charge is 2.34. The summed E-state index contributed by atoms with van der Waals surface area (Å²) in [5, 5.41) is 3.59. The predicted octanol–water partition coefficient (Wildman–Crippen LogP) is 5.63. The lowest BCUT2D eigenvalue weighted by molar-refractivity contribution is -0.140. The van der Waals surface area contributed by atoms with Crippen molar-refractivity contribution in [2.45, 2.75) is 45.7 Å². The van der Waals surface area contributed by atoms with Gasteiger partial charge in [0.15, 0.2) is 0 Å². The number of carbonyl (C=O) groups excluding carboxylic acids is 2. The number of hydrogen-bond donors (Lipinski definition) is 1. The van der Waals surface area contributed by atoms with Gasteiger partial charge >= 0.3 is 0 Å². The fourth-order valence-corrected chi connectivity index (χ4v) is 5.87. The molecule has 1 N–H and O–H groups in total. The maximum atomic E-state index is 14.3. The number of benzene rings is 3. The molecule has 8 nitrogen and oxygen atoms in total. The summed E-state index contributed by atoms with van der Waals surface area (Å²) in [7, 11) is -2.53. The van der Waals surface area contributed by atoms with E-state index in [1.54, 1.807) is 36.4 Å². The topological polar surface area (TPSA) is 96.0 Å². The number of nitrogens with one attached hydrogen (secondary N) is 1. The van der Waals surface area contributed by atoms with Crippen molar-refractivity contribution in [2.75, 3.05) is 30.8 Å². The number of nitrogens with zero attached hydrogens (tertiary/aromatic N) is 2. The number of aryl methyl sites for hydroxylation is 1. The lowest BCUT2D eigenvalue weighted by Gasteiger charge is -2.34. The predicted molar refractivity (Wildman–Crippen MR) is 169 cm³/mol. The minimum Gasteiger partial charge on any atom is -0.495 e. The Morgan fingerprint density at radius 1 is 1.00 bits per heavy atom. The fourth-order valence-electron chi connectivity index (χ4n) is 4.50. The normalized spacial score (nSPS) is 12.0. The number of anilines is 1. The van der Waals surface area contributed by atoms with E-state index < -0.39 is 28.5 Å². The van der Waals surface area contributed by atoms with Crippen molar-refractivity contribution in [2.24, 2.45) is 0 Å². The Morgan fingerprint density at radius 2 is 1.67 bits per heavy atom. The highest BCUT2D eigenvalue weighted by Crippen LogP contribution is 2.32. The van der Waals surface area contributed by atoms with Crippen LogP contribution in [0.1, 0.15) is 36.5 Å². The number of rotatable bonds is 14. The van der Waals surface area contributed by atoms with Gasteiger partial charge in [0.05, 0.1) is 19.1 Å². The number of carbonyl (C=O) groups is 2. The van der Waals surface area contributed by atoms with E-state index >= 15 is 0 Å². The quantitative estimate of drug-likeness (QED) is 0.232. The van der Waals surface area contributed by atoms with Crippen LogP contribution in [0.4, 0.5) is 5.69 Å². The van der Waals surface area contributed by atoms with Crippen molar-refractivity contribution < 1.29 is 22.7 Å². The van der Waals surface area contributed by atoms with E-state index in [0.717, 1.165) is 34.5 Å². The van der Waals surface area contributed by atoms with E-state index in [9.17, 15) is 18.0 Å². The molecule has 0 saturated heterocycles. The molecule has 0 aliphatic heterocycles. The number of hydrogen-bond acceptors (Lipinski definition) is 5. The maximum absolute atomic E-state index is 14.3. The molecule has 11 heteroatoms. The zero-order valence-electron chi connectivity index (χ0n) is 24.3. The van der Waals surface area contributed by atoms with Crippen LogP contribution >= 0.6 is 23.2 Å². The SMILES string of the molecule is CCCCNC(=O)[C@@H](Cc1ccccc1)N(Cc1c(Cl)cccc1Cl)C(=O)CN(c1cc(C)ccc1OC)S(C)(=O)=O. The average Bonchev–Trinajstić information content (AvgIpc) is 2.94. The van der Waals surface area contributed by atoms with Crippen molar-refractivity contribution in [3.05, 3.63) is 93.5 Å². The van der Waals surface area contributed by atoms with Gasteiger partial charge in [0.2, 0.25) is 21.8 Å². The van der Waals surface area contributed by atoms with Crippen molar-refractivity contribution in [1.29, 1.82) is 0 Å². The van der Waals surface area contributed by atoms with Crippen LogP contribution in [0.25, 0.3) is 0 Å². The Morgan fingerprint density at radius 3 is 2.26 bits per heavy atom. The molecule has 0 fully saturated rings. The van der Waals surface area contributed by atoms with Gasteiger partial charge in [-0.3, -0.25) is 13.9 Å². The van der Waals surface area contributed by atoms with Gasteiger partial charge in [-0.1, -0.05) is 79.0 Å². The van der Waals surface area contributed by atoms with Gasteiger partial charge in [0.1, 0.15) is 18.3 Å². The van der Waals surface area contributed by atoms with Crippen molar-refractivity contribution in [3.8, 4) is 5.75 Å². The number of ether oxygens (including phenoxy) is 1. The van der Waals surface area contributed by atoms with Gasteiger partial charge in [-0.2, -0.15) is 0 Å². The summed E-state index contributed by atoms with van der Waals surface area (Å²) in [6.45, 7) is 3.58. The Balaban J connectivity index is 2.12. The molecule has 3 aromatic rings. The third kappa shape index (κ3) is 8.86. The van der Waals surface area contributed by atoms with E-state index in [1.165, 1.54) is 12.0 Å². The first-order valence-electron chi connectivity index (χ1n) is 13.6.